The van der Waals surface area contributed by atoms with Gasteiger partial charge in [0.25, 0.3) is 0 Å². The Kier molecular flexibility index (Phi) is 8.61. The predicted octanol–water partition coefficient (Wildman–Crippen LogP) is 8.02. The Morgan fingerprint density at radius 3 is 1.74 bits per heavy atom. The summed E-state index contributed by atoms with van der Waals surface area (Å²) in [6, 6.07) is 23.9. The van der Waals surface area contributed by atoms with Crippen LogP contribution >= 0.6 is 7.82 Å². The molecule has 3 aromatic carbocycles. The molecule has 0 aliphatic carbocycles. The van der Waals surface area contributed by atoms with Gasteiger partial charge in [0.1, 0.15) is 17.2 Å². The van der Waals surface area contributed by atoms with Crippen LogP contribution in [0.15, 0.2) is 78.9 Å². The van der Waals surface area contributed by atoms with E-state index in [1.165, 1.54) is 5.56 Å². The minimum atomic E-state index is -3.99. The molecule has 0 unspecified atom stereocenters. The number of rotatable bonds is 12. The highest BCUT2D eigenvalue weighted by Gasteiger charge is 2.34. The van der Waals surface area contributed by atoms with Crippen LogP contribution in [0.1, 0.15) is 50.7 Å². The second-order valence-electron chi connectivity index (χ2n) is 7.45. The maximum Gasteiger partial charge on any atom is 0.647 e. The molecule has 0 aliphatic rings. The zero-order chi connectivity index (χ0) is 21.9. The Morgan fingerprint density at radius 1 is 0.645 bits per heavy atom. The number of phosphoric ester groups is 1. The van der Waals surface area contributed by atoms with Crippen LogP contribution in [0.4, 0.5) is 0 Å². The fourth-order valence-electron chi connectivity index (χ4n) is 3.33. The lowest BCUT2D eigenvalue weighted by molar-refractivity contribution is 0.297. The van der Waals surface area contributed by atoms with Crippen LogP contribution in [-0.4, -0.2) is 0 Å². The first-order chi connectivity index (χ1) is 15.1. The smallest absolute Gasteiger partial charge is 0.386 e. The highest BCUT2D eigenvalue weighted by Crippen LogP contribution is 2.50. The van der Waals surface area contributed by atoms with E-state index in [2.05, 4.69) is 19.9 Å². The number of unbranched alkanes of at least 4 members (excludes halogenated alkanes) is 2. The molecular weight excluding hydrogens is 407 g/mol. The Bertz CT molecular complexity index is 928. The van der Waals surface area contributed by atoms with Gasteiger partial charge in [-0.3, -0.25) is 0 Å². The van der Waals surface area contributed by atoms with Crippen molar-refractivity contribution >= 4 is 7.82 Å². The van der Waals surface area contributed by atoms with Crippen molar-refractivity contribution in [3.05, 3.63) is 90.0 Å². The van der Waals surface area contributed by atoms with E-state index >= 15 is 0 Å². The topological polar surface area (TPSA) is 44.8 Å². The average molecular weight is 439 g/mol. The van der Waals surface area contributed by atoms with Gasteiger partial charge in [0.05, 0.1) is 0 Å². The molecule has 0 N–H and O–H groups in total. The lowest BCUT2D eigenvalue weighted by atomic mass is 9.97. The van der Waals surface area contributed by atoms with Gasteiger partial charge in [-0.2, -0.15) is 4.57 Å². The molecule has 0 fully saturated rings. The largest absolute Gasteiger partial charge is 0.647 e. The SMILES string of the molecule is CCCCc1cccc(OP(=O)(Oc2ccccc2)Oc2ccccc2)c1CCCC. The second-order valence-corrected chi connectivity index (χ2v) is 8.89. The van der Waals surface area contributed by atoms with E-state index < -0.39 is 7.82 Å². The van der Waals surface area contributed by atoms with E-state index in [-0.39, 0.29) is 0 Å². The summed E-state index contributed by atoms with van der Waals surface area (Å²) in [5.74, 6) is 1.43. The molecule has 0 spiro atoms. The second kappa shape index (κ2) is 11.6. The monoisotopic (exact) mass is 438 g/mol. The van der Waals surface area contributed by atoms with E-state index in [4.69, 9.17) is 13.6 Å². The lowest BCUT2D eigenvalue weighted by Crippen LogP contribution is -2.09. The van der Waals surface area contributed by atoms with Gasteiger partial charge in [-0.05, 0) is 67.1 Å². The number of phosphoric acid groups is 1. The number of hydrogen-bond donors (Lipinski definition) is 0. The third-order valence-corrected chi connectivity index (χ3v) is 6.23. The number of benzene rings is 3. The molecule has 31 heavy (non-hydrogen) atoms. The van der Waals surface area contributed by atoms with Gasteiger partial charge in [-0.1, -0.05) is 75.2 Å². The molecule has 0 bridgehead atoms. The molecule has 3 rings (SSSR count). The first-order valence-corrected chi connectivity index (χ1v) is 12.5. The molecule has 0 heterocycles. The Balaban J connectivity index is 1.95. The molecule has 0 saturated heterocycles. The summed E-state index contributed by atoms with van der Waals surface area (Å²) >= 11 is 0. The van der Waals surface area contributed by atoms with E-state index in [9.17, 15) is 4.57 Å². The molecule has 0 amide bonds. The zero-order valence-corrected chi connectivity index (χ0v) is 19.2. The lowest BCUT2D eigenvalue weighted by Gasteiger charge is -2.22. The number of hydrogen-bond acceptors (Lipinski definition) is 4. The van der Waals surface area contributed by atoms with Crippen molar-refractivity contribution in [2.75, 3.05) is 0 Å². The molecule has 0 saturated carbocycles. The summed E-state index contributed by atoms with van der Waals surface area (Å²) in [7, 11) is -3.99. The maximum absolute atomic E-state index is 13.8. The minimum absolute atomic E-state index is 0.430. The summed E-state index contributed by atoms with van der Waals surface area (Å²) < 4.78 is 31.5. The summed E-state index contributed by atoms with van der Waals surface area (Å²) in [6.45, 7) is 4.35. The van der Waals surface area contributed by atoms with Crippen molar-refractivity contribution in [1.29, 1.82) is 0 Å². The normalized spacial score (nSPS) is 11.2. The van der Waals surface area contributed by atoms with Gasteiger partial charge in [-0.15, -0.1) is 0 Å². The molecule has 0 aromatic heterocycles. The standard InChI is InChI=1S/C26H31O4P/c1-3-5-14-22-15-13-21-26(25(22)20-6-4-2)30-31(27,28-23-16-9-7-10-17-23)29-24-18-11-8-12-19-24/h7-13,15-19,21H,3-6,14,20H2,1-2H3. The van der Waals surface area contributed by atoms with Gasteiger partial charge >= 0.3 is 7.82 Å². The Labute approximate surface area is 185 Å². The van der Waals surface area contributed by atoms with E-state index in [0.717, 1.165) is 44.1 Å². The third-order valence-electron chi connectivity index (χ3n) is 4.94. The van der Waals surface area contributed by atoms with Crippen molar-refractivity contribution in [2.24, 2.45) is 0 Å². The summed E-state index contributed by atoms with van der Waals surface area (Å²) in [4.78, 5) is 0. The van der Waals surface area contributed by atoms with Gasteiger partial charge < -0.3 is 13.6 Å². The van der Waals surface area contributed by atoms with Crippen LogP contribution in [0.25, 0.3) is 0 Å². The molecule has 0 radical (unpaired) electrons. The molecular formula is C26H31O4P. The van der Waals surface area contributed by atoms with Crippen LogP contribution < -0.4 is 13.6 Å². The van der Waals surface area contributed by atoms with Gasteiger partial charge in [0, 0.05) is 0 Å². The Morgan fingerprint density at radius 2 is 1.19 bits per heavy atom. The van der Waals surface area contributed by atoms with E-state index in [1.54, 1.807) is 24.3 Å². The summed E-state index contributed by atoms with van der Waals surface area (Å²) in [5, 5.41) is 0. The maximum atomic E-state index is 13.8. The summed E-state index contributed by atoms with van der Waals surface area (Å²) in [5.41, 5.74) is 2.32. The van der Waals surface area contributed by atoms with Crippen LogP contribution in [0.5, 0.6) is 17.2 Å². The van der Waals surface area contributed by atoms with Gasteiger partial charge in [-0.25, -0.2) is 0 Å². The van der Waals surface area contributed by atoms with Gasteiger partial charge in [0.2, 0.25) is 0 Å². The van der Waals surface area contributed by atoms with E-state index in [1.807, 2.05) is 48.5 Å². The first-order valence-electron chi connectivity index (χ1n) is 11.0. The Hall–Kier alpha value is -2.71. The van der Waals surface area contributed by atoms with Crippen molar-refractivity contribution in [2.45, 2.75) is 52.4 Å². The highest BCUT2D eigenvalue weighted by atomic mass is 31.2. The quantitative estimate of drug-likeness (QED) is 0.269. The third kappa shape index (κ3) is 6.90. The van der Waals surface area contributed by atoms with Crippen molar-refractivity contribution in [1.82, 2.24) is 0 Å². The predicted molar refractivity (Wildman–Crippen MR) is 126 cm³/mol. The molecule has 3 aromatic rings. The fourth-order valence-corrected chi connectivity index (χ4v) is 4.62. The fraction of sp³-hybridized carbons (Fsp3) is 0.308. The van der Waals surface area contributed by atoms with E-state index in [0.29, 0.717) is 17.2 Å². The molecule has 164 valence electrons. The van der Waals surface area contributed by atoms with Crippen molar-refractivity contribution in [3.63, 3.8) is 0 Å². The van der Waals surface area contributed by atoms with Crippen LogP contribution in [0, 0.1) is 0 Å². The average Bonchev–Trinajstić information content (AvgIpc) is 2.78. The molecule has 4 nitrogen and oxygen atoms in total. The minimum Gasteiger partial charge on any atom is -0.386 e. The van der Waals surface area contributed by atoms with Gasteiger partial charge in [0.15, 0.2) is 0 Å². The first kappa shape index (κ1) is 23.0. The van der Waals surface area contributed by atoms with Crippen LogP contribution in [0.2, 0.25) is 0 Å². The molecule has 5 heteroatoms. The number of para-hydroxylation sites is 2. The number of aryl methyl sites for hydroxylation is 1. The zero-order valence-electron chi connectivity index (χ0n) is 18.3. The van der Waals surface area contributed by atoms with Crippen LogP contribution in [-0.2, 0) is 17.4 Å². The van der Waals surface area contributed by atoms with Crippen molar-refractivity contribution in [3.8, 4) is 17.2 Å². The summed E-state index contributed by atoms with van der Waals surface area (Å²) in [6.07, 6.45) is 6.15. The van der Waals surface area contributed by atoms with Crippen LogP contribution in [0.3, 0.4) is 0 Å². The molecule has 0 atom stereocenters. The molecule has 0 aliphatic heterocycles. The van der Waals surface area contributed by atoms with Crippen molar-refractivity contribution < 1.29 is 18.1 Å². The highest BCUT2D eigenvalue weighted by molar-refractivity contribution is 7.49.